The van der Waals surface area contributed by atoms with Gasteiger partial charge < -0.3 is 15.5 Å². The molecular weight excluding hydrogens is 334 g/mol. The zero-order chi connectivity index (χ0) is 17.3. The van der Waals surface area contributed by atoms with Gasteiger partial charge in [0, 0.05) is 64.0 Å². The molecule has 8 heteroatoms. The topological polar surface area (TPSA) is 70.4 Å². The summed E-state index contributed by atoms with van der Waals surface area (Å²) in [5.74, 6) is 0.843. The molecule has 1 aliphatic heterocycles. The maximum atomic E-state index is 4.75. The fourth-order valence-corrected chi connectivity index (χ4v) is 3.79. The van der Waals surface area contributed by atoms with Gasteiger partial charge in [0.15, 0.2) is 11.1 Å². The van der Waals surface area contributed by atoms with E-state index in [0.29, 0.717) is 0 Å². The number of aliphatic imine (C=N–C) groups is 1. The lowest BCUT2D eigenvalue weighted by atomic mass is 10.3. The number of aromatic nitrogens is 3. The molecule has 1 fully saturated rings. The Balaban J connectivity index is 1.32. The molecule has 25 heavy (non-hydrogen) atoms. The van der Waals surface area contributed by atoms with Crippen LogP contribution in [0.2, 0.25) is 0 Å². The molecule has 0 atom stereocenters. The first kappa shape index (κ1) is 17.7. The molecule has 0 aliphatic carbocycles. The van der Waals surface area contributed by atoms with Gasteiger partial charge in [-0.1, -0.05) is 0 Å². The van der Waals surface area contributed by atoms with E-state index in [2.05, 4.69) is 31.0 Å². The standard InChI is InChI=1S/C17H27N7S/c1-18-16(19-7-4-12-24-13-5-8-21-24)20-9-6-15-14-25-17(22-15)23-10-2-3-11-23/h5,8,13-14H,2-4,6-7,9-12H2,1H3,(H2,18,19,20). The third-order valence-corrected chi connectivity index (χ3v) is 5.18. The Labute approximate surface area is 153 Å². The summed E-state index contributed by atoms with van der Waals surface area (Å²) >= 11 is 1.76. The summed E-state index contributed by atoms with van der Waals surface area (Å²) in [7, 11) is 1.80. The van der Waals surface area contributed by atoms with Crippen molar-refractivity contribution in [1.29, 1.82) is 0 Å². The zero-order valence-electron chi connectivity index (χ0n) is 14.8. The summed E-state index contributed by atoms with van der Waals surface area (Å²) in [6, 6.07) is 1.95. The molecule has 0 saturated carbocycles. The molecule has 1 aliphatic rings. The highest BCUT2D eigenvalue weighted by atomic mass is 32.1. The minimum atomic E-state index is 0.835. The summed E-state index contributed by atoms with van der Waals surface area (Å²) < 4.78 is 1.94. The average molecular weight is 362 g/mol. The van der Waals surface area contributed by atoms with Crippen molar-refractivity contribution in [2.45, 2.75) is 32.2 Å². The second-order valence-corrected chi connectivity index (χ2v) is 6.95. The summed E-state index contributed by atoms with van der Waals surface area (Å²) in [4.78, 5) is 11.4. The van der Waals surface area contributed by atoms with Gasteiger partial charge in [0.1, 0.15) is 0 Å². The molecule has 1 saturated heterocycles. The lowest BCUT2D eigenvalue weighted by Crippen LogP contribution is -2.39. The van der Waals surface area contributed by atoms with Crippen molar-refractivity contribution in [2.75, 3.05) is 38.1 Å². The minimum Gasteiger partial charge on any atom is -0.356 e. The third kappa shape index (κ3) is 5.45. The van der Waals surface area contributed by atoms with Crippen LogP contribution in [0.4, 0.5) is 5.13 Å². The second kappa shape index (κ2) is 9.41. The number of thiazole rings is 1. The van der Waals surface area contributed by atoms with E-state index in [-0.39, 0.29) is 0 Å². The van der Waals surface area contributed by atoms with Crippen molar-refractivity contribution in [1.82, 2.24) is 25.4 Å². The van der Waals surface area contributed by atoms with Crippen molar-refractivity contribution >= 4 is 22.4 Å². The molecule has 2 N–H and O–H groups in total. The molecule has 0 bridgehead atoms. The van der Waals surface area contributed by atoms with Gasteiger partial charge in [-0.25, -0.2) is 4.98 Å². The van der Waals surface area contributed by atoms with Gasteiger partial charge in [0.05, 0.1) is 5.69 Å². The first-order valence-corrected chi connectivity index (χ1v) is 9.84. The van der Waals surface area contributed by atoms with Crippen molar-refractivity contribution in [2.24, 2.45) is 4.99 Å². The maximum Gasteiger partial charge on any atom is 0.190 e. The van der Waals surface area contributed by atoms with Gasteiger partial charge in [0.2, 0.25) is 0 Å². The van der Waals surface area contributed by atoms with Crippen LogP contribution >= 0.6 is 11.3 Å². The number of hydrogen-bond acceptors (Lipinski definition) is 5. The largest absolute Gasteiger partial charge is 0.356 e. The minimum absolute atomic E-state index is 0.835. The fraction of sp³-hybridized carbons (Fsp3) is 0.588. The third-order valence-electron chi connectivity index (χ3n) is 4.23. The van der Waals surface area contributed by atoms with Gasteiger partial charge in [-0.2, -0.15) is 5.10 Å². The predicted molar refractivity (Wildman–Crippen MR) is 103 cm³/mol. The smallest absolute Gasteiger partial charge is 0.190 e. The van der Waals surface area contributed by atoms with Crippen molar-refractivity contribution in [3.05, 3.63) is 29.5 Å². The number of anilines is 1. The van der Waals surface area contributed by atoms with Crippen LogP contribution in [0, 0.1) is 0 Å². The number of hydrogen-bond donors (Lipinski definition) is 2. The highest BCUT2D eigenvalue weighted by Gasteiger charge is 2.15. The summed E-state index contributed by atoms with van der Waals surface area (Å²) in [6.07, 6.45) is 8.29. The zero-order valence-corrected chi connectivity index (χ0v) is 15.6. The number of guanidine groups is 1. The highest BCUT2D eigenvalue weighted by Crippen LogP contribution is 2.24. The van der Waals surface area contributed by atoms with Crippen LogP contribution in [0.5, 0.6) is 0 Å². The molecule has 136 valence electrons. The molecule has 0 aromatic carbocycles. The molecular formula is C17H27N7S. The Morgan fingerprint density at radius 2 is 2.12 bits per heavy atom. The maximum absolute atomic E-state index is 4.75. The second-order valence-electron chi connectivity index (χ2n) is 6.11. The molecule has 3 rings (SSSR count). The molecule has 3 heterocycles. The number of nitrogens with zero attached hydrogens (tertiary/aromatic N) is 5. The van der Waals surface area contributed by atoms with E-state index < -0.39 is 0 Å². The van der Waals surface area contributed by atoms with Crippen molar-refractivity contribution in [3.63, 3.8) is 0 Å². The molecule has 0 unspecified atom stereocenters. The van der Waals surface area contributed by atoms with Crippen LogP contribution in [0.1, 0.15) is 25.0 Å². The Morgan fingerprint density at radius 1 is 1.28 bits per heavy atom. The summed E-state index contributed by atoms with van der Waals surface area (Å²) in [5.41, 5.74) is 1.16. The number of aryl methyl sites for hydroxylation is 1. The Morgan fingerprint density at radius 3 is 2.88 bits per heavy atom. The van der Waals surface area contributed by atoms with Crippen LogP contribution in [-0.4, -0.2) is 54.0 Å². The highest BCUT2D eigenvalue weighted by molar-refractivity contribution is 7.13. The van der Waals surface area contributed by atoms with Gasteiger partial charge in [0.25, 0.3) is 0 Å². The van der Waals surface area contributed by atoms with E-state index >= 15 is 0 Å². The fourth-order valence-electron chi connectivity index (χ4n) is 2.87. The number of nitrogens with one attached hydrogen (secondary N) is 2. The Bertz CT molecular complexity index is 644. The van der Waals surface area contributed by atoms with Crippen LogP contribution in [0.3, 0.4) is 0 Å². The molecule has 0 spiro atoms. The number of rotatable bonds is 8. The molecule has 0 radical (unpaired) electrons. The Kier molecular flexibility index (Phi) is 6.67. The van der Waals surface area contributed by atoms with Gasteiger partial charge in [-0.3, -0.25) is 9.67 Å². The van der Waals surface area contributed by atoms with Gasteiger partial charge in [-0.05, 0) is 25.3 Å². The van der Waals surface area contributed by atoms with Gasteiger partial charge >= 0.3 is 0 Å². The van der Waals surface area contributed by atoms with Crippen LogP contribution in [-0.2, 0) is 13.0 Å². The van der Waals surface area contributed by atoms with E-state index in [9.17, 15) is 0 Å². The SMILES string of the molecule is CN=C(NCCCn1cccn1)NCCc1csc(N2CCCC2)n1. The predicted octanol–water partition coefficient (Wildman–Crippen LogP) is 1.74. The monoisotopic (exact) mass is 361 g/mol. The van der Waals surface area contributed by atoms with E-state index in [1.165, 1.54) is 18.0 Å². The van der Waals surface area contributed by atoms with Crippen LogP contribution < -0.4 is 15.5 Å². The molecule has 7 nitrogen and oxygen atoms in total. The van der Waals surface area contributed by atoms with Crippen molar-refractivity contribution < 1.29 is 0 Å². The first-order valence-electron chi connectivity index (χ1n) is 8.96. The van der Waals surface area contributed by atoms with E-state index in [4.69, 9.17) is 4.98 Å². The molecule has 2 aromatic rings. The van der Waals surface area contributed by atoms with E-state index in [1.807, 2.05) is 23.1 Å². The van der Waals surface area contributed by atoms with Crippen LogP contribution in [0.25, 0.3) is 0 Å². The summed E-state index contributed by atoms with van der Waals surface area (Å²) in [6.45, 7) is 4.92. The quantitative estimate of drug-likeness (QED) is 0.426. The first-order chi connectivity index (χ1) is 12.3. The molecule has 2 aromatic heterocycles. The average Bonchev–Trinajstić information content (AvgIpc) is 3.39. The normalized spacial score (nSPS) is 14.9. The van der Waals surface area contributed by atoms with Crippen LogP contribution in [0.15, 0.2) is 28.8 Å². The van der Waals surface area contributed by atoms with Crippen molar-refractivity contribution in [3.8, 4) is 0 Å². The lowest BCUT2D eigenvalue weighted by Gasteiger charge is -2.12. The lowest BCUT2D eigenvalue weighted by molar-refractivity contribution is 0.570. The van der Waals surface area contributed by atoms with Gasteiger partial charge in [-0.15, -0.1) is 11.3 Å². The molecule has 0 amide bonds. The Hall–Kier alpha value is -2.09. The van der Waals surface area contributed by atoms with E-state index in [0.717, 1.165) is 57.2 Å². The van der Waals surface area contributed by atoms with E-state index in [1.54, 1.807) is 18.4 Å². The summed E-state index contributed by atoms with van der Waals surface area (Å²) in [5, 5.41) is 14.2.